The Morgan fingerprint density at radius 1 is 1.25 bits per heavy atom. The lowest BCUT2D eigenvalue weighted by Gasteiger charge is -2.24. The van der Waals surface area contributed by atoms with Crippen LogP contribution in [0.1, 0.15) is 63.8 Å². The number of carboxylic acid groups (broad SMARTS) is 1. The van der Waals surface area contributed by atoms with E-state index in [2.05, 4.69) is 36.4 Å². The van der Waals surface area contributed by atoms with Crippen LogP contribution in [0.5, 0.6) is 5.75 Å². The number of pyridine rings is 1. The zero-order valence-corrected chi connectivity index (χ0v) is 20.1. The number of thioether (sulfide) groups is 1. The second-order valence-corrected chi connectivity index (χ2v) is 11.5. The van der Waals surface area contributed by atoms with Gasteiger partial charge in [-0.1, -0.05) is 39.7 Å². The predicted molar refractivity (Wildman–Crippen MR) is 129 cm³/mol. The van der Waals surface area contributed by atoms with E-state index in [1.165, 1.54) is 0 Å². The molecule has 1 fully saturated rings. The summed E-state index contributed by atoms with van der Waals surface area (Å²) in [6.45, 7) is 6.92. The average molecular weight is 453 g/mol. The van der Waals surface area contributed by atoms with Gasteiger partial charge in [-0.05, 0) is 49.1 Å². The van der Waals surface area contributed by atoms with Gasteiger partial charge in [-0.15, -0.1) is 11.8 Å². The van der Waals surface area contributed by atoms with Gasteiger partial charge in [0, 0.05) is 39.5 Å². The molecule has 0 spiro atoms. The molecular weight excluding hydrogens is 420 g/mol. The normalized spacial score (nSPS) is 15.9. The van der Waals surface area contributed by atoms with Gasteiger partial charge >= 0.3 is 5.97 Å². The molecular formula is C26H32N2O3S. The molecule has 4 rings (SSSR count). The molecule has 0 radical (unpaired) electrons. The monoisotopic (exact) mass is 452 g/mol. The predicted octanol–water partition coefficient (Wildman–Crippen LogP) is 6.40. The maximum absolute atomic E-state index is 12.5. The number of rotatable bonds is 7. The molecule has 0 bridgehead atoms. The molecule has 2 aromatic heterocycles. The fourth-order valence-electron chi connectivity index (χ4n) is 4.74. The summed E-state index contributed by atoms with van der Waals surface area (Å²) in [4.78, 5) is 17.9. The van der Waals surface area contributed by atoms with E-state index in [0.717, 1.165) is 58.6 Å². The Morgan fingerprint density at radius 2 is 2.00 bits per heavy atom. The molecule has 3 aromatic rings. The standard InChI is InChI=1S/C26H32N2O3S/c1-26(2,3)32-24-20-15-19(31-16-18-11-7-8-14-27-18)12-13-21(20)28(4)23(24)22(25(29)30)17-9-5-6-10-17/h7-8,11-15,17,22H,5-6,9-10,16H2,1-4H3,(H,29,30). The van der Waals surface area contributed by atoms with Crippen molar-refractivity contribution in [3.63, 3.8) is 0 Å². The second-order valence-electron chi connectivity index (χ2n) is 9.64. The van der Waals surface area contributed by atoms with E-state index in [9.17, 15) is 9.90 Å². The van der Waals surface area contributed by atoms with Crippen molar-refractivity contribution in [2.45, 2.75) is 68.6 Å². The fraction of sp³-hybridized carbons (Fsp3) is 0.462. The van der Waals surface area contributed by atoms with Gasteiger partial charge in [0.25, 0.3) is 0 Å². The third-order valence-electron chi connectivity index (χ3n) is 6.12. The van der Waals surface area contributed by atoms with Crippen molar-refractivity contribution in [1.82, 2.24) is 9.55 Å². The molecule has 1 aliphatic carbocycles. The molecule has 5 nitrogen and oxygen atoms in total. The Balaban J connectivity index is 1.79. The van der Waals surface area contributed by atoms with Crippen LogP contribution in [-0.4, -0.2) is 25.4 Å². The first-order valence-electron chi connectivity index (χ1n) is 11.3. The number of carboxylic acids is 1. The Morgan fingerprint density at radius 3 is 2.62 bits per heavy atom. The van der Waals surface area contributed by atoms with E-state index >= 15 is 0 Å². The summed E-state index contributed by atoms with van der Waals surface area (Å²) in [6, 6.07) is 11.9. The molecule has 1 unspecified atom stereocenters. The van der Waals surface area contributed by atoms with Crippen LogP contribution in [0.25, 0.3) is 10.9 Å². The van der Waals surface area contributed by atoms with Crippen LogP contribution in [0.4, 0.5) is 0 Å². The molecule has 6 heteroatoms. The first kappa shape index (κ1) is 22.7. The fourth-order valence-corrected chi connectivity index (χ4v) is 5.99. The lowest BCUT2D eigenvalue weighted by atomic mass is 9.88. The summed E-state index contributed by atoms with van der Waals surface area (Å²) < 4.78 is 8.10. The summed E-state index contributed by atoms with van der Waals surface area (Å²) >= 11 is 1.75. The smallest absolute Gasteiger partial charge is 0.312 e. The van der Waals surface area contributed by atoms with Gasteiger partial charge in [-0.3, -0.25) is 9.78 Å². The van der Waals surface area contributed by atoms with Crippen LogP contribution in [-0.2, 0) is 18.4 Å². The van der Waals surface area contributed by atoms with Crippen LogP contribution in [0.15, 0.2) is 47.5 Å². The number of fused-ring (bicyclic) bond motifs is 1. The Labute approximate surface area is 194 Å². The molecule has 0 aliphatic heterocycles. The van der Waals surface area contributed by atoms with Crippen LogP contribution < -0.4 is 4.74 Å². The molecule has 32 heavy (non-hydrogen) atoms. The largest absolute Gasteiger partial charge is 0.487 e. The number of ether oxygens (including phenoxy) is 1. The van der Waals surface area contributed by atoms with Crippen LogP contribution >= 0.6 is 11.8 Å². The third-order valence-corrected chi connectivity index (χ3v) is 7.37. The minimum Gasteiger partial charge on any atom is -0.487 e. The number of aromatic nitrogens is 2. The van der Waals surface area contributed by atoms with Gasteiger partial charge in [-0.25, -0.2) is 0 Å². The molecule has 170 valence electrons. The molecule has 1 saturated carbocycles. The van der Waals surface area contributed by atoms with Crippen LogP contribution in [0, 0.1) is 5.92 Å². The van der Waals surface area contributed by atoms with E-state index < -0.39 is 11.9 Å². The molecule has 1 atom stereocenters. The summed E-state index contributed by atoms with van der Waals surface area (Å²) in [5, 5.41) is 11.3. The Kier molecular flexibility index (Phi) is 6.52. The summed E-state index contributed by atoms with van der Waals surface area (Å²) in [5.74, 6) is -0.249. The molecule has 1 aromatic carbocycles. The van der Waals surface area contributed by atoms with Gasteiger partial charge in [0.1, 0.15) is 18.3 Å². The average Bonchev–Trinajstić information content (AvgIpc) is 3.35. The minimum absolute atomic E-state index is 0.0490. The van der Waals surface area contributed by atoms with E-state index in [4.69, 9.17) is 4.74 Å². The van der Waals surface area contributed by atoms with Crippen molar-refractivity contribution in [2.24, 2.45) is 13.0 Å². The summed E-state index contributed by atoms with van der Waals surface area (Å²) in [6.07, 6.45) is 5.96. The van der Waals surface area contributed by atoms with Crippen molar-refractivity contribution < 1.29 is 14.6 Å². The number of benzene rings is 1. The highest BCUT2D eigenvalue weighted by Gasteiger charge is 2.37. The maximum Gasteiger partial charge on any atom is 0.312 e. The zero-order valence-electron chi connectivity index (χ0n) is 19.3. The van der Waals surface area contributed by atoms with Crippen molar-refractivity contribution in [1.29, 1.82) is 0 Å². The number of hydrogen-bond acceptors (Lipinski definition) is 4. The van der Waals surface area contributed by atoms with E-state index in [-0.39, 0.29) is 10.7 Å². The lowest BCUT2D eigenvalue weighted by molar-refractivity contribution is -0.140. The first-order valence-corrected chi connectivity index (χ1v) is 12.1. The van der Waals surface area contributed by atoms with E-state index in [1.807, 2.05) is 37.4 Å². The van der Waals surface area contributed by atoms with Crippen LogP contribution in [0.2, 0.25) is 0 Å². The van der Waals surface area contributed by atoms with Gasteiger partial charge < -0.3 is 14.4 Å². The maximum atomic E-state index is 12.5. The summed E-state index contributed by atoms with van der Waals surface area (Å²) in [5.41, 5.74) is 2.85. The minimum atomic E-state index is -0.717. The Hall–Kier alpha value is -2.47. The topological polar surface area (TPSA) is 64.4 Å². The van der Waals surface area contributed by atoms with E-state index in [0.29, 0.717) is 6.61 Å². The highest BCUT2D eigenvalue weighted by atomic mass is 32.2. The number of aryl methyl sites for hydroxylation is 1. The van der Waals surface area contributed by atoms with Gasteiger partial charge in [-0.2, -0.15) is 0 Å². The van der Waals surface area contributed by atoms with Gasteiger partial charge in [0.15, 0.2) is 0 Å². The van der Waals surface area contributed by atoms with Crippen molar-refractivity contribution in [3.05, 3.63) is 54.0 Å². The number of carbonyl (C=O) groups is 1. The molecule has 0 saturated heterocycles. The number of hydrogen-bond donors (Lipinski definition) is 1. The van der Waals surface area contributed by atoms with Gasteiger partial charge in [0.05, 0.1) is 5.69 Å². The second kappa shape index (κ2) is 9.18. The molecule has 1 N–H and O–H groups in total. The summed E-state index contributed by atoms with van der Waals surface area (Å²) in [7, 11) is 2.00. The number of aliphatic carboxylic acids is 1. The highest BCUT2D eigenvalue weighted by Crippen LogP contribution is 2.48. The number of nitrogens with zero attached hydrogens (tertiary/aromatic N) is 2. The lowest BCUT2D eigenvalue weighted by Crippen LogP contribution is -2.23. The molecule has 0 amide bonds. The van der Waals surface area contributed by atoms with Crippen molar-refractivity contribution in [2.75, 3.05) is 0 Å². The van der Waals surface area contributed by atoms with Crippen LogP contribution in [0.3, 0.4) is 0 Å². The van der Waals surface area contributed by atoms with Gasteiger partial charge in [0.2, 0.25) is 0 Å². The van der Waals surface area contributed by atoms with E-state index in [1.54, 1.807) is 18.0 Å². The first-order chi connectivity index (χ1) is 15.2. The Bertz CT molecular complexity index is 1100. The SMILES string of the molecule is Cn1c(C(C(=O)O)C2CCCC2)c(SC(C)(C)C)c2cc(OCc3ccccn3)ccc21. The quantitative estimate of drug-likeness (QED) is 0.420. The van der Waals surface area contributed by atoms with Crippen molar-refractivity contribution in [3.8, 4) is 5.75 Å². The molecule has 1 aliphatic rings. The third kappa shape index (κ3) is 4.80. The van der Waals surface area contributed by atoms with Crippen molar-refractivity contribution >= 4 is 28.6 Å². The zero-order chi connectivity index (χ0) is 22.9. The molecule has 2 heterocycles. The highest BCUT2D eigenvalue weighted by molar-refractivity contribution is 8.00.